The molecule has 0 saturated heterocycles. The van der Waals surface area contributed by atoms with E-state index in [-0.39, 0.29) is 12.4 Å². The summed E-state index contributed by atoms with van der Waals surface area (Å²) in [4.78, 5) is 3.67. The molecule has 3 nitrogen and oxygen atoms in total. The van der Waals surface area contributed by atoms with E-state index in [1.54, 1.807) is 0 Å². The summed E-state index contributed by atoms with van der Waals surface area (Å²) in [6.45, 7) is 0. The first-order valence-corrected chi connectivity index (χ1v) is 2.20. The molecule has 0 radical (unpaired) electrons. The van der Waals surface area contributed by atoms with Gasteiger partial charge in [-0.25, -0.2) is 4.98 Å². The van der Waals surface area contributed by atoms with Gasteiger partial charge in [0.15, 0.2) is 4.73 Å². The zero-order valence-corrected chi connectivity index (χ0v) is 5.66. The molecule has 0 aliphatic heterocycles. The van der Waals surface area contributed by atoms with E-state index >= 15 is 0 Å². The van der Waals surface area contributed by atoms with Crippen molar-refractivity contribution in [1.82, 2.24) is 15.2 Å². The molecule has 0 unspecified atom stereocenters. The number of rotatable bonds is 0. The fourth-order valence-electron chi connectivity index (χ4n) is 0.191. The second kappa shape index (κ2) is 2.98. The van der Waals surface area contributed by atoms with E-state index in [9.17, 15) is 0 Å². The van der Waals surface area contributed by atoms with E-state index in [0.717, 1.165) is 0 Å². The monoisotopic (exact) mass is 183 g/mol. The Kier molecular flexibility index (Phi) is 2.95. The van der Waals surface area contributed by atoms with Crippen LogP contribution < -0.4 is 0 Å². The number of nitrogens with zero attached hydrogens (tertiary/aromatic N) is 2. The van der Waals surface area contributed by atoms with Gasteiger partial charge in [0.25, 0.3) is 0 Å². The largest absolute Gasteiger partial charge is 0.254 e. The van der Waals surface area contributed by atoms with Gasteiger partial charge in [0.2, 0.25) is 0 Å². The van der Waals surface area contributed by atoms with Crippen LogP contribution in [0.5, 0.6) is 0 Å². The molecule has 0 aliphatic carbocycles. The fraction of sp³-hybridized carbons (Fsp3) is 0. The van der Waals surface area contributed by atoms with Crippen LogP contribution >= 0.6 is 28.3 Å². The molecule has 1 rings (SSSR count). The first kappa shape index (κ1) is 6.91. The molecule has 0 spiro atoms. The molecule has 7 heavy (non-hydrogen) atoms. The van der Waals surface area contributed by atoms with Crippen molar-refractivity contribution >= 4 is 28.3 Å². The summed E-state index contributed by atoms with van der Waals surface area (Å²) in [6.07, 6.45) is 1.43. The summed E-state index contributed by atoms with van der Waals surface area (Å²) in [5.74, 6) is 0. The zero-order valence-electron chi connectivity index (χ0n) is 3.26. The quantitative estimate of drug-likeness (QED) is 0.653. The lowest BCUT2D eigenvalue weighted by Crippen LogP contribution is -1.61. The number of aromatic amines is 1. The number of hydrogen-bond donors (Lipinski definition) is 1. The molecule has 0 aromatic carbocycles. The lowest BCUT2D eigenvalue weighted by Gasteiger charge is -1.63. The topological polar surface area (TPSA) is 41.6 Å². The van der Waals surface area contributed by atoms with Crippen molar-refractivity contribution in [2.75, 3.05) is 0 Å². The van der Waals surface area contributed by atoms with Gasteiger partial charge in [-0.05, 0) is 15.9 Å². The van der Waals surface area contributed by atoms with E-state index in [2.05, 4.69) is 31.1 Å². The highest BCUT2D eigenvalue weighted by Crippen LogP contribution is 1.92. The molecule has 0 saturated carbocycles. The molecule has 5 heteroatoms. The van der Waals surface area contributed by atoms with Crippen molar-refractivity contribution in [3.05, 3.63) is 11.1 Å². The van der Waals surface area contributed by atoms with Gasteiger partial charge in [0.05, 0.1) is 0 Å². The molecule has 1 heterocycles. The average molecular weight is 184 g/mol. The molecule has 40 valence electrons. The summed E-state index contributed by atoms with van der Waals surface area (Å²) in [7, 11) is 0. The summed E-state index contributed by atoms with van der Waals surface area (Å²) in [5.41, 5.74) is 0. The molecule has 0 amide bonds. The van der Waals surface area contributed by atoms with Gasteiger partial charge < -0.3 is 0 Å². The van der Waals surface area contributed by atoms with Gasteiger partial charge in [-0.3, -0.25) is 5.10 Å². The maximum Gasteiger partial charge on any atom is 0.192 e. The third kappa shape index (κ3) is 1.89. The molecule has 0 bridgehead atoms. The number of halogens is 2. The molecule has 0 fully saturated rings. The molecule has 1 aromatic heterocycles. The van der Waals surface area contributed by atoms with Crippen LogP contribution in [-0.2, 0) is 0 Å². The van der Waals surface area contributed by atoms with Crippen LogP contribution in [0.15, 0.2) is 11.1 Å². The predicted molar refractivity (Wildman–Crippen MR) is 31.3 cm³/mol. The van der Waals surface area contributed by atoms with Crippen molar-refractivity contribution in [2.45, 2.75) is 0 Å². The van der Waals surface area contributed by atoms with Gasteiger partial charge in [-0.15, -0.1) is 12.4 Å². The maximum absolute atomic E-state index is 3.67. The van der Waals surface area contributed by atoms with Crippen molar-refractivity contribution in [1.29, 1.82) is 0 Å². The van der Waals surface area contributed by atoms with Crippen LogP contribution in [0.25, 0.3) is 0 Å². The van der Waals surface area contributed by atoms with Gasteiger partial charge in [0.1, 0.15) is 6.33 Å². The number of nitrogens with one attached hydrogen (secondary N) is 1. The third-order valence-corrected chi connectivity index (χ3v) is 0.768. The minimum absolute atomic E-state index is 0. The first-order valence-electron chi connectivity index (χ1n) is 1.40. The zero-order chi connectivity index (χ0) is 4.41. The predicted octanol–water partition coefficient (Wildman–Crippen LogP) is 0.989. The third-order valence-electron chi connectivity index (χ3n) is 0.386. The summed E-state index contributed by atoms with van der Waals surface area (Å²) in [5, 5.41) is 6.09. The van der Waals surface area contributed by atoms with Crippen LogP contribution in [0.4, 0.5) is 0 Å². The Morgan fingerprint density at radius 3 is 2.57 bits per heavy atom. The number of hydrogen-bond acceptors (Lipinski definition) is 2. The van der Waals surface area contributed by atoms with Crippen LogP contribution in [-0.4, -0.2) is 15.2 Å². The Morgan fingerprint density at radius 1 is 1.71 bits per heavy atom. The first-order chi connectivity index (χ1) is 2.89. The lowest BCUT2D eigenvalue weighted by atomic mass is 11.3. The SMILES string of the molecule is Brc1ncn[nH]1.Cl. The van der Waals surface area contributed by atoms with Crippen molar-refractivity contribution in [3.8, 4) is 0 Å². The van der Waals surface area contributed by atoms with Gasteiger partial charge >= 0.3 is 0 Å². The van der Waals surface area contributed by atoms with E-state index in [1.807, 2.05) is 0 Å². The molecule has 0 aliphatic rings. The minimum atomic E-state index is 0. The van der Waals surface area contributed by atoms with E-state index < -0.39 is 0 Å². The van der Waals surface area contributed by atoms with E-state index in [4.69, 9.17) is 0 Å². The van der Waals surface area contributed by atoms with Gasteiger partial charge in [-0.2, -0.15) is 5.10 Å². The summed E-state index contributed by atoms with van der Waals surface area (Å²) >= 11 is 3.05. The minimum Gasteiger partial charge on any atom is -0.254 e. The highest BCUT2D eigenvalue weighted by atomic mass is 79.9. The van der Waals surface area contributed by atoms with E-state index in [1.165, 1.54) is 6.33 Å². The van der Waals surface area contributed by atoms with Gasteiger partial charge in [0, 0.05) is 0 Å². The molecular formula is C2H3BrClN3. The van der Waals surface area contributed by atoms with Crippen LogP contribution in [0.1, 0.15) is 0 Å². The normalized spacial score (nSPS) is 7.57. The summed E-state index contributed by atoms with van der Waals surface area (Å²) < 4.78 is 0.669. The van der Waals surface area contributed by atoms with Crippen molar-refractivity contribution in [2.24, 2.45) is 0 Å². The lowest BCUT2D eigenvalue weighted by molar-refractivity contribution is 1.07. The standard InChI is InChI=1S/C2H2BrN3.ClH/c3-2-4-1-5-6-2;/h1H,(H,4,5,6);1H. The second-order valence-electron chi connectivity index (χ2n) is 0.776. The number of H-pyrrole nitrogens is 1. The molecule has 1 aromatic rings. The Bertz CT molecular complexity index is 116. The smallest absolute Gasteiger partial charge is 0.192 e. The second-order valence-corrected chi connectivity index (χ2v) is 1.53. The molecule has 0 atom stereocenters. The number of aromatic nitrogens is 3. The van der Waals surface area contributed by atoms with Crippen molar-refractivity contribution in [3.63, 3.8) is 0 Å². The highest BCUT2D eigenvalue weighted by molar-refractivity contribution is 9.10. The van der Waals surface area contributed by atoms with Crippen LogP contribution in [0.2, 0.25) is 0 Å². The Morgan fingerprint density at radius 2 is 2.43 bits per heavy atom. The maximum atomic E-state index is 3.67. The van der Waals surface area contributed by atoms with E-state index in [0.29, 0.717) is 4.73 Å². The van der Waals surface area contributed by atoms with Crippen LogP contribution in [0, 0.1) is 0 Å². The Labute approximate surface area is 55.1 Å². The van der Waals surface area contributed by atoms with Crippen molar-refractivity contribution < 1.29 is 0 Å². The Balaban J connectivity index is 0.000000360. The van der Waals surface area contributed by atoms with Gasteiger partial charge in [-0.1, -0.05) is 0 Å². The van der Waals surface area contributed by atoms with Crippen LogP contribution in [0.3, 0.4) is 0 Å². The summed E-state index contributed by atoms with van der Waals surface area (Å²) in [6, 6.07) is 0. The fourth-order valence-corrected chi connectivity index (χ4v) is 0.385. The molecular weight excluding hydrogens is 181 g/mol. The Hall–Kier alpha value is -0.0900. The average Bonchev–Trinajstić information content (AvgIpc) is 1.86. The molecule has 1 N–H and O–H groups in total. The highest BCUT2D eigenvalue weighted by Gasteiger charge is 1.78.